The Balaban J connectivity index is 2.02. The molecule has 26 heavy (non-hydrogen) atoms. The number of nitrogens with zero attached hydrogens (tertiary/aromatic N) is 2. The molecule has 3 rings (SSSR count). The van der Waals surface area contributed by atoms with E-state index in [1.165, 1.54) is 16.4 Å². The summed E-state index contributed by atoms with van der Waals surface area (Å²) in [6.07, 6.45) is 0. The normalized spacial score (nSPS) is 11.2. The Hall–Kier alpha value is -2.94. The van der Waals surface area contributed by atoms with Crippen molar-refractivity contribution in [3.8, 4) is 6.07 Å². The molecule has 0 saturated heterocycles. The van der Waals surface area contributed by atoms with E-state index in [2.05, 4.69) is 0 Å². The topological polar surface area (TPSA) is 61.2 Å². The molecule has 3 aromatic rings. The molecule has 0 N–H and O–H groups in total. The second-order valence-corrected chi connectivity index (χ2v) is 7.76. The predicted octanol–water partition coefficient (Wildman–Crippen LogP) is 3.95. The zero-order valence-electron chi connectivity index (χ0n) is 14.1. The van der Waals surface area contributed by atoms with Crippen molar-refractivity contribution in [3.05, 3.63) is 102 Å². The molecule has 0 unspecified atom stereocenters. The van der Waals surface area contributed by atoms with Crippen molar-refractivity contribution in [2.24, 2.45) is 0 Å². The molecule has 0 aliphatic carbocycles. The zero-order valence-corrected chi connectivity index (χ0v) is 14.9. The molecule has 0 saturated carbocycles. The Bertz CT molecular complexity index is 969. The number of nitriles is 1. The second-order valence-electron chi connectivity index (χ2n) is 5.85. The SMILES string of the molecule is N#Cc1ccccc1S(=O)(=O)N(Cc1ccccc1)Cc1ccccc1. The minimum atomic E-state index is -3.83. The molecule has 0 aliphatic rings. The van der Waals surface area contributed by atoms with Crippen molar-refractivity contribution in [1.82, 2.24) is 4.31 Å². The Kier molecular flexibility index (Phi) is 5.47. The summed E-state index contributed by atoms with van der Waals surface area (Å²) in [5.74, 6) is 0. The smallest absolute Gasteiger partial charge is 0.207 e. The number of hydrogen-bond donors (Lipinski definition) is 0. The van der Waals surface area contributed by atoms with E-state index in [0.29, 0.717) is 0 Å². The predicted molar refractivity (Wildman–Crippen MR) is 100 cm³/mol. The van der Waals surface area contributed by atoms with Gasteiger partial charge in [-0.3, -0.25) is 0 Å². The average molecular weight is 362 g/mol. The standard InChI is InChI=1S/C21H18N2O2S/c22-15-20-13-7-8-14-21(20)26(24,25)23(16-18-9-3-1-4-10-18)17-19-11-5-2-6-12-19/h1-14H,16-17H2. The molecular weight excluding hydrogens is 344 g/mol. The van der Waals surface area contributed by atoms with E-state index in [9.17, 15) is 13.7 Å². The fourth-order valence-electron chi connectivity index (χ4n) is 2.72. The van der Waals surface area contributed by atoms with Gasteiger partial charge in [0.2, 0.25) is 10.0 Å². The van der Waals surface area contributed by atoms with Crippen LogP contribution in [0, 0.1) is 11.3 Å². The van der Waals surface area contributed by atoms with Crippen LogP contribution in [-0.4, -0.2) is 12.7 Å². The van der Waals surface area contributed by atoms with Gasteiger partial charge in [-0.1, -0.05) is 72.8 Å². The van der Waals surface area contributed by atoms with E-state index in [1.807, 2.05) is 66.7 Å². The first-order valence-corrected chi connectivity index (χ1v) is 9.62. The van der Waals surface area contributed by atoms with Gasteiger partial charge in [-0.05, 0) is 23.3 Å². The van der Waals surface area contributed by atoms with Gasteiger partial charge in [0.1, 0.15) is 6.07 Å². The first-order valence-electron chi connectivity index (χ1n) is 8.18. The van der Waals surface area contributed by atoms with E-state index >= 15 is 0 Å². The van der Waals surface area contributed by atoms with E-state index in [4.69, 9.17) is 0 Å². The molecule has 0 spiro atoms. The highest BCUT2D eigenvalue weighted by Gasteiger charge is 2.27. The van der Waals surface area contributed by atoms with Gasteiger partial charge in [0, 0.05) is 13.1 Å². The van der Waals surface area contributed by atoms with Crippen LogP contribution in [-0.2, 0) is 23.1 Å². The fraction of sp³-hybridized carbons (Fsp3) is 0.0952. The molecule has 4 nitrogen and oxygen atoms in total. The largest absolute Gasteiger partial charge is 0.245 e. The first-order chi connectivity index (χ1) is 12.6. The van der Waals surface area contributed by atoms with Gasteiger partial charge in [0.15, 0.2) is 0 Å². The molecule has 0 aliphatic heterocycles. The molecule has 0 aromatic heterocycles. The van der Waals surface area contributed by atoms with Crippen molar-refractivity contribution < 1.29 is 8.42 Å². The van der Waals surface area contributed by atoms with Crippen molar-refractivity contribution in [3.63, 3.8) is 0 Å². The Morgan fingerprint density at radius 2 is 1.19 bits per heavy atom. The maximum absolute atomic E-state index is 13.3. The number of hydrogen-bond acceptors (Lipinski definition) is 3. The van der Waals surface area contributed by atoms with Crippen LogP contribution in [0.5, 0.6) is 0 Å². The van der Waals surface area contributed by atoms with Crippen molar-refractivity contribution in [2.75, 3.05) is 0 Å². The van der Waals surface area contributed by atoms with Gasteiger partial charge in [0.05, 0.1) is 10.5 Å². The third kappa shape index (κ3) is 3.99. The van der Waals surface area contributed by atoms with Gasteiger partial charge in [0.25, 0.3) is 0 Å². The summed E-state index contributed by atoms with van der Waals surface area (Å²) in [5.41, 5.74) is 1.93. The third-order valence-corrected chi connectivity index (χ3v) is 5.88. The van der Waals surface area contributed by atoms with Crippen LogP contribution in [0.4, 0.5) is 0 Å². The van der Waals surface area contributed by atoms with Crippen LogP contribution >= 0.6 is 0 Å². The Labute approximate surface area is 154 Å². The highest BCUT2D eigenvalue weighted by molar-refractivity contribution is 7.89. The second kappa shape index (κ2) is 7.96. The van der Waals surface area contributed by atoms with Gasteiger partial charge in [-0.2, -0.15) is 9.57 Å². The summed E-state index contributed by atoms with van der Waals surface area (Å²) in [5, 5.41) is 9.31. The lowest BCUT2D eigenvalue weighted by Crippen LogP contribution is -2.30. The Morgan fingerprint density at radius 3 is 1.69 bits per heavy atom. The molecular formula is C21H18N2O2S. The van der Waals surface area contributed by atoms with Gasteiger partial charge in [-0.15, -0.1) is 0 Å². The van der Waals surface area contributed by atoms with E-state index in [1.54, 1.807) is 12.1 Å². The maximum atomic E-state index is 13.3. The third-order valence-electron chi connectivity index (χ3n) is 4.03. The summed E-state index contributed by atoms with van der Waals surface area (Å²) < 4.78 is 28.0. The lowest BCUT2D eigenvalue weighted by molar-refractivity contribution is 0.401. The van der Waals surface area contributed by atoms with Crippen LogP contribution in [0.2, 0.25) is 0 Å². The van der Waals surface area contributed by atoms with Crippen LogP contribution in [0.15, 0.2) is 89.8 Å². The van der Waals surface area contributed by atoms with Crippen LogP contribution in [0.25, 0.3) is 0 Å². The molecule has 0 bridgehead atoms. The summed E-state index contributed by atoms with van der Waals surface area (Å²) >= 11 is 0. The summed E-state index contributed by atoms with van der Waals surface area (Å²) in [6, 6.07) is 27.2. The number of benzene rings is 3. The monoisotopic (exact) mass is 362 g/mol. The van der Waals surface area contributed by atoms with Gasteiger partial charge >= 0.3 is 0 Å². The molecule has 0 radical (unpaired) electrons. The molecule has 0 atom stereocenters. The maximum Gasteiger partial charge on any atom is 0.245 e. The van der Waals surface area contributed by atoms with Crippen molar-refractivity contribution >= 4 is 10.0 Å². The highest BCUT2D eigenvalue weighted by Crippen LogP contribution is 2.23. The van der Waals surface area contributed by atoms with E-state index in [-0.39, 0.29) is 23.5 Å². The van der Waals surface area contributed by atoms with Crippen LogP contribution in [0.3, 0.4) is 0 Å². The van der Waals surface area contributed by atoms with Gasteiger partial charge < -0.3 is 0 Å². The molecule has 0 fully saturated rings. The highest BCUT2D eigenvalue weighted by atomic mass is 32.2. The molecule has 3 aromatic carbocycles. The number of sulfonamides is 1. The fourth-order valence-corrected chi connectivity index (χ4v) is 4.28. The molecule has 0 heterocycles. The number of rotatable bonds is 6. The van der Waals surface area contributed by atoms with Crippen molar-refractivity contribution in [2.45, 2.75) is 18.0 Å². The lowest BCUT2D eigenvalue weighted by Gasteiger charge is -2.23. The zero-order chi connectivity index (χ0) is 18.4. The summed E-state index contributed by atoms with van der Waals surface area (Å²) in [6.45, 7) is 0.468. The summed E-state index contributed by atoms with van der Waals surface area (Å²) in [4.78, 5) is 0.0364. The van der Waals surface area contributed by atoms with E-state index < -0.39 is 10.0 Å². The molecule has 5 heteroatoms. The van der Waals surface area contributed by atoms with Crippen LogP contribution < -0.4 is 0 Å². The van der Waals surface area contributed by atoms with Crippen molar-refractivity contribution in [1.29, 1.82) is 5.26 Å². The van der Waals surface area contributed by atoms with E-state index in [0.717, 1.165) is 11.1 Å². The summed E-state index contributed by atoms with van der Waals surface area (Å²) in [7, 11) is -3.83. The average Bonchev–Trinajstić information content (AvgIpc) is 2.69. The quantitative estimate of drug-likeness (QED) is 0.667. The van der Waals surface area contributed by atoms with Gasteiger partial charge in [-0.25, -0.2) is 8.42 Å². The minimum absolute atomic E-state index is 0.0364. The van der Waals surface area contributed by atoms with Crippen LogP contribution in [0.1, 0.15) is 16.7 Å². The Morgan fingerprint density at radius 1 is 0.731 bits per heavy atom. The minimum Gasteiger partial charge on any atom is -0.207 e. The molecule has 130 valence electrons. The first kappa shape index (κ1) is 17.9. The lowest BCUT2D eigenvalue weighted by atomic mass is 10.2. The molecule has 0 amide bonds.